The quantitative estimate of drug-likeness (QED) is 0.760. The SMILES string of the molecule is O=C(NCCn1ccc2ccccc21)c1cc(C2CC2)[nH]n1. The van der Waals surface area contributed by atoms with E-state index in [2.05, 4.69) is 44.5 Å². The number of fused-ring (bicyclic) bond motifs is 1. The summed E-state index contributed by atoms with van der Waals surface area (Å²) in [4.78, 5) is 12.1. The molecule has 0 aliphatic heterocycles. The van der Waals surface area contributed by atoms with Crippen molar-refractivity contribution in [3.63, 3.8) is 0 Å². The van der Waals surface area contributed by atoms with Crippen molar-refractivity contribution in [1.82, 2.24) is 20.1 Å². The first-order valence-electron chi connectivity index (χ1n) is 7.68. The van der Waals surface area contributed by atoms with Gasteiger partial charge < -0.3 is 9.88 Å². The molecule has 5 nitrogen and oxygen atoms in total. The van der Waals surface area contributed by atoms with Gasteiger partial charge in [0.2, 0.25) is 0 Å². The number of hydrogen-bond acceptors (Lipinski definition) is 2. The molecule has 2 aromatic heterocycles. The molecule has 0 atom stereocenters. The minimum Gasteiger partial charge on any atom is -0.349 e. The molecule has 0 spiro atoms. The Hall–Kier alpha value is -2.56. The van der Waals surface area contributed by atoms with E-state index in [1.54, 1.807) is 0 Å². The molecule has 1 aliphatic rings. The summed E-state index contributed by atoms with van der Waals surface area (Å²) in [5.74, 6) is 0.472. The summed E-state index contributed by atoms with van der Waals surface area (Å²) in [5, 5.41) is 11.2. The molecule has 0 unspecified atom stereocenters. The van der Waals surface area contributed by atoms with Crippen LogP contribution in [0.5, 0.6) is 0 Å². The van der Waals surface area contributed by atoms with Crippen LogP contribution in [-0.4, -0.2) is 27.2 Å². The van der Waals surface area contributed by atoms with Crippen molar-refractivity contribution in [2.24, 2.45) is 0 Å². The van der Waals surface area contributed by atoms with E-state index in [-0.39, 0.29) is 5.91 Å². The van der Waals surface area contributed by atoms with E-state index in [9.17, 15) is 4.79 Å². The number of aromatic amines is 1. The minimum atomic E-state index is -0.111. The Labute approximate surface area is 128 Å². The molecule has 1 aliphatic carbocycles. The minimum absolute atomic E-state index is 0.111. The molecule has 112 valence electrons. The van der Waals surface area contributed by atoms with Crippen LogP contribution in [0.1, 0.15) is 34.9 Å². The fourth-order valence-electron chi connectivity index (χ4n) is 2.77. The van der Waals surface area contributed by atoms with Crippen LogP contribution in [0.4, 0.5) is 0 Å². The normalized spacial score (nSPS) is 14.4. The number of amides is 1. The number of nitrogens with one attached hydrogen (secondary N) is 2. The Morgan fingerprint density at radius 3 is 3.05 bits per heavy atom. The topological polar surface area (TPSA) is 62.7 Å². The summed E-state index contributed by atoms with van der Waals surface area (Å²) in [6, 6.07) is 12.2. The molecule has 1 fully saturated rings. The average Bonchev–Trinajstić information content (AvgIpc) is 3.13. The lowest BCUT2D eigenvalue weighted by molar-refractivity contribution is 0.0947. The van der Waals surface area contributed by atoms with Crippen molar-refractivity contribution in [2.45, 2.75) is 25.3 Å². The van der Waals surface area contributed by atoms with Crippen molar-refractivity contribution in [2.75, 3.05) is 6.54 Å². The van der Waals surface area contributed by atoms with Gasteiger partial charge in [-0.05, 0) is 36.4 Å². The molecule has 1 saturated carbocycles. The van der Waals surface area contributed by atoms with E-state index >= 15 is 0 Å². The number of hydrogen-bond donors (Lipinski definition) is 2. The van der Waals surface area contributed by atoms with Gasteiger partial charge in [0.1, 0.15) is 5.69 Å². The highest BCUT2D eigenvalue weighted by molar-refractivity contribution is 5.92. The number of carbonyl (C=O) groups is 1. The third-order valence-electron chi connectivity index (χ3n) is 4.17. The molecule has 1 aromatic carbocycles. The fourth-order valence-corrected chi connectivity index (χ4v) is 2.77. The monoisotopic (exact) mass is 294 g/mol. The van der Waals surface area contributed by atoms with Gasteiger partial charge in [-0.25, -0.2) is 0 Å². The van der Waals surface area contributed by atoms with Gasteiger partial charge in [-0.3, -0.25) is 9.89 Å². The Morgan fingerprint density at radius 2 is 2.18 bits per heavy atom. The van der Waals surface area contributed by atoms with Gasteiger partial charge in [0.15, 0.2) is 0 Å². The predicted octanol–water partition coefficient (Wildman–Crippen LogP) is 2.67. The first-order valence-corrected chi connectivity index (χ1v) is 7.68. The lowest BCUT2D eigenvalue weighted by Crippen LogP contribution is -2.27. The van der Waals surface area contributed by atoms with Crippen LogP contribution in [0, 0.1) is 0 Å². The second kappa shape index (κ2) is 5.33. The number of rotatable bonds is 5. The highest BCUT2D eigenvalue weighted by Gasteiger charge is 2.26. The van der Waals surface area contributed by atoms with Crippen molar-refractivity contribution in [3.8, 4) is 0 Å². The van der Waals surface area contributed by atoms with E-state index < -0.39 is 0 Å². The van der Waals surface area contributed by atoms with Crippen LogP contribution < -0.4 is 5.32 Å². The van der Waals surface area contributed by atoms with Crippen molar-refractivity contribution in [3.05, 3.63) is 54.0 Å². The third kappa shape index (κ3) is 2.50. The Balaban J connectivity index is 1.36. The number of aromatic nitrogens is 3. The summed E-state index contributed by atoms with van der Waals surface area (Å²) >= 11 is 0. The number of H-pyrrole nitrogens is 1. The van der Waals surface area contributed by atoms with Crippen LogP contribution in [-0.2, 0) is 6.54 Å². The van der Waals surface area contributed by atoms with E-state index in [0.29, 0.717) is 18.2 Å². The molecule has 0 bridgehead atoms. The van der Waals surface area contributed by atoms with Gasteiger partial charge in [-0.1, -0.05) is 18.2 Å². The first-order chi connectivity index (χ1) is 10.8. The van der Waals surface area contributed by atoms with Gasteiger partial charge >= 0.3 is 0 Å². The van der Waals surface area contributed by atoms with Crippen molar-refractivity contribution < 1.29 is 4.79 Å². The summed E-state index contributed by atoms with van der Waals surface area (Å²) in [7, 11) is 0. The maximum atomic E-state index is 12.1. The zero-order chi connectivity index (χ0) is 14.9. The average molecular weight is 294 g/mol. The molecule has 0 radical (unpaired) electrons. The van der Waals surface area contributed by atoms with Gasteiger partial charge in [0, 0.05) is 36.4 Å². The second-order valence-corrected chi connectivity index (χ2v) is 5.81. The zero-order valence-corrected chi connectivity index (χ0v) is 12.2. The molecular weight excluding hydrogens is 276 g/mol. The molecular formula is C17H18N4O. The lowest BCUT2D eigenvalue weighted by Gasteiger charge is -2.06. The molecule has 1 amide bonds. The van der Waals surface area contributed by atoms with Gasteiger partial charge in [-0.2, -0.15) is 5.10 Å². The third-order valence-corrected chi connectivity index (χ3v) is 4.17. The largest absolute Gasteiger partial charge is 0.349 e. The molecule has 22 heavy (non-hydrogen) atoms. The second-order valence-electron chi connectivity index (χ2n) is 5.81. The van der Waals surface area contributed by atoms with E-state index in [0.717, 1.165) is 12.2 Å². The fraction of sp³-hybridized carbons (Fsp3) is 0.294. The predicted molar refractivity (Wildman–Crippen MR) is 84.8 cm³/mol. The van der Waals surface area contributed by atoms with Crippen LogP contribution in [0.15, 0.2) is 42.6 Å². The molecule has 2 heterocycles. The van der Waals surface area contributed by atoms with Crippen molar-refractivity contribution >= 4 is 16.8 Å². The Morgan fingerprint density at radius 1 is 1.32 bits per heavy atom. The van der Waals surface area contributed by atoms with E-state index in [1.165, 1.54) is 23.7 Å². The van der Waals surface area contributed by atoms with Gasteiger partial charge in [0.25, 0.3) is 5.91 Å². The molecule has 0 saturated heterocycles. The molecule has 2 N–H and O–H groups in total. The van der Waals surface area contributed by atoms with Crippen molar-refractivity contribution in [1.29, 1.82) is 0 Å². The maximum Gasteiger partial charge on any atom is 0.271 e. The summed E-state index contributed by atoms with van der Waals surface area (Å²) in [5.41, 5.74) is 2.76. The van der Waals surface area contributed by atoms with Gasteiger partial charge in [-0.15, -0.1) is 0 Å². The zero-order valence-electron chi connectivity index (χ0n) is 12.2. The van der Waals surface area contributed by atoms with Gasteiger partial charge in [0.05, 0.1) is 0 Å². The van der Waals surface area contributed by atoms with Crippen LogP contribution in [0.2, 0.25) is 0 Å². The lowest BCUT2D eigenvalue weighted by atomic mass is 10.2. The highest BCUT2D eigenvalue weighted by atomic mass is 16.1. The van der Waals surface area contributed by atoms with E-state index in [4.69, 9.17) is 0 Å². The summed E-state index contributed by atoms with van der Waals surface area (Å²) in [6.07, 6.45) is 4.45. The van der Waals surface area contributed by atoms with Crippen LogP contribution in [0.25, 0.3) is 10.9 Å². The number of benzene rings is 1. The molecule has 4 rings (SSSR count). The molecule has 5 heteroatoms. The number of nitrogens with zero attached hydrogens (tertiary/aromatic N) is 2. The Bertz CT molecular complexity index is 813. The smallest absolute Gasteiger partial charge is 0.271 e. The number of carbonyl (C=O) groups excluding carboxylic acids is 1. The summed E-state index contributed by atoms with van der Waals surface area (Å²) in [6.45, 7) is 1.34. The van der Waals surface area contributed by atoms with Crippen LogP contribution in [0.3, 0.4) is 0 Å². The summed E-state index contributed by atoms with van der Waals surface area (Å²) < 4.78 is 2.15. The highest BCUT2D eigenvalue weighted by Crippen LogP contribution is 2.38. The molecule has 3 aromatic rings. The number of para-hydroxylation sites is 1. The van der Waals surface area contributed by atoms with Crippen LogP contribution >= 0.6 is 0 Å². The maximum absolute atomic E-state index is 12.1. The first kappa shape index (κ1) is 13.1. The van der Waals surface area contributed by atoms with E-state index in [1.807, 2.05) is 18.2 Å². The Kier molecular flexibility index (Phi) is 3.18. The standard InChI is InChI=1S/C17H18N4O/c22-17(15-11-14(19-20-15)12-5-6-12)18-8-10-21-9-7-13-3-1-2-4-16(13)21/h1-4,7,9,11-12H,5-6,8,10H2,(H,18,22)(H,19,20).